The number of benzene rings is 2. The van der Waals surface area contributed by atoms with Crippen molar-refractivity contribution in [1.29, 1.82) is 5.26 Å². The van der Waals surface area contributed by atoms with Crippen molar-refractivity contribution in [1.82, 2.24) is 5.32 Å². The van der Waals surface area contributed by atoms with E-state index < -0.39 is 30.9 Å². The second-order valence-corrected chi connectivity index (χ2v) is 6.63. The van der Waals surface area contributed by atoms with Gasteiger partial charge in [0, 0.05) is 11.3 Å². The zero-order chi connectivity index (χ0) is 23.5. The first-order valence-electron chi connectivity index (χ1n) is 9.70. The van der Waals surface area contributed by atoms with Gasteiger partial charge in [0.15, 0.2) is 18.1 Å². The standard InChI is InChI=1S/C22H22ClN3O6/c1-3-30-18-8-6-14(9-19(18)31-4-2)22(29)25-12-21(28)32-13-20(27)26-16-7-5-15(11-24)17(23)10-16/h5-10H,3-4,12-13H2,1-2H3,(H,25,29)(H,26,27). The van der Waals surface area contributed by atoms with Crippen LogP contribution in [0.3, 0.4) is 0 Å². The Bertz CT molecular complexity index is 1030. The number of ether oxygens (including phenoxy) is 3. The molecule has 32 heavy (non-hydrogen) atoms. The maximum atomic E-state index is 12.3. The Balaban J connectivity index is 1.83. The van der Waals surface area contributed by atoms with Gasteiger partial charge in [0.25, 0.3) is 11.8 Å². The maximum absolute atomic E-state index is 12.3. The lowest BCUT2D eigenvalue weighted by molar-refractivity contribution is -0.146. The molecule has 0 aliphatic rings. The number of carbonyl (C=O) groups excluding carboxylic acids is 3. The first-order chi connectivity index (χ1) is 15.4. The number of carbonyl (C=O) groups is 3. The van der Waals surface area contributed by atoms with E-state index in [0.29, 0.717) is 30.4 Å². The molecule has 2 aromatic carbocycles. The minimum absolute atomic E-state index is 0.187. The minimum Gasteiger partial charge on any atom is -0.490 e. The number of anilines is 1. The van der Waals surface area contributed by atoms with Crippen molar-refractivity contribution in [2.24, 2.45) is 0 Å². The van der Waals surface area contributed by atoms with Gasteiger partial charge in [0.2, 0.25) is 0 Å². The van der Waals surface area contributed by atoms with Gasteiger partial charge in [-0.15, -0.1) is 0 Å². The summed E-state index contributed by atoms with van der Waals surface area (Å²) in [5.41, 5.74) is 0.900. The highest BCUT2D eigenvalue weighted by molar-refractivity contribution is 6.32. The van der Waals surface area contributed by atoms with Gasteiger partial charge < -0.3 is 24.8 Å². The average Bonchev–Trinajstić information content (AvgIpc) is 2.77. The van der Waals surface area contributed by atoms with Gasteiger partial charge in [-0.05, 0) is 50.2 Å². The van der Waals surface area contributed by atoms with Crippen LogP contribution in [0.25, 0.3) is 0 Å². The molecule has 0 atom stereocenters. The summed E-state index contributed by atoms with van der Waals surface area (Å²) < 4.78 is 15.8. The summed E-state index contributed by atoms with van der Waals surface area (Å²) in [6.45, 7) is 3.51. The fourth-order valence-electron chi connectivity index (χ4n) is 2.52. The number of hydrogen-bond acceptors (Lipinski definition) is 7. The maximum Gasteiger partial charge on any atom is 0.325 e. The van der Waals surface area contributed by atoms with Crippen LogP contribution in [0.2, 0.25) is 5.02 Å². The molecule has 0 spiro atoms. The van der Waals surface area contributed by atoms with E-state index >= 15 is 0 Å². The molecule has 0 aliphatic carbocycles. The monoisotopic (exact) mass is 459 g/mol. The molecule has 9 nitrogen and oxygen atoms in total. The Morgan fingerprint density at radius 3 is 2.41 bits per heavy atom. The van der Waals surface area contributed by atoms with Gasteiger partial charge >= 0.3 is 5.97 Å². The number of amides is 2. The van der Waals surface area contributed by atoms with Crippen molar-refractivity contribution < 1.29 is 28.6 Å². The lowest BCUT2D eigenvalue weighted by Gasteiger charge is -2.12. The first-order valence-corrected chi connectivity index (χ1v) is 10.1. The average molecular weight is 460 g/mol. The smallest absolute Gasteiger partial charge is 0.325 e. The van der Waals surface area contributed by atoms with E-state index in [1.165, 1.54) is 24.3 Å². The Morgan fingerprint density at radius 1 is 1.03 bits per heavy atom. The van der Waals surface area contributed by atoms with Crippen molar-refractivity contribution >= 4 is 35.1 Å². The van der Waals surface area contributed by atoms with Crippen molar-refractivity contribution in [2.75, 3.05) is 31.7 Å². The molecule has 0 fully saturated rings. The second-order valence-electron chi connectivity index (χ2n) is 6.23. The van der Waals surface area contributed by atoms with E-state index in [2.05, 4.69) is 10.6 Å². The third-order valence-corrected chi connectivity index (χ3v) is 4.25. The molecule has 0 aliphatic heterocycles. The van der Waals surface area contributed by atoms with Crippen LogP contribution >= 0.6 is 11.6 Å². The number of nitrogens with one attached hydrogen (secondary N) is 2. The molecule has 10 heteroatoms. The minimum atomic E-state index is -0.790. The molecule has 0 saturated heterocycles. The van der Waals surface area contributed by atoms with Crippen LogP contribution in [-0.4, -0.2) is 44.1 Å². The number of hydrogen-bond donors (Lipinski definition) is 2. The summed E-state index contributed by atoms with van der Waals surface area (Å²) in [6.07, 6.45) is 0. The molecular weight excluding hydrogens is 438 g/mol. The summed E-state index contributed by atoms with van der Waals surface area (Å²) in [4.78, 5) is 36.1. The third-order valence-electron chi connectivity index (χ3n) is 3.94. The van der Waals surface area contributed by atoms with Gasteiger partial charge in [-0.25, -0.2) is 0 Å². The van der Waals surface area contributed by atoms with E-state index in [1.54, 1.807) is 12.1 Å². The van der Waals surface area contributed by atoms with Gasteiger partial charge in [-0.1, -0.05) is 11.6 Å². The Hall–Kier alpha value is -3.77. The van der Waals surface area contributed by atoms with Crippen LogP contribution in [0, 0.1) is 11.3 Å². The predicted octanol–water partition coefficient (Wildman–Crippen LogP) is 2.92. The molecule has 2 rings (SSSR count). The molecule has 0 unspecified atom stereocenters. The molecule has 2 amide bonds. The highest BCUT2D eigenvalue weighted by atomic mass is 35.5. The van der Waals surface area contributed by atoms with Crippen molar-refractivity contribution in [2.45, 2.75) is 13.8 Å². The number of nitrogens with zero attached hydrogens (tertiary/aromatic N) is 1. The molecule has 0 saturated carbocycles. The summed E-state index contributed by atoms with van der Waals surface area (Å²) in [5.74, 6) is -0.965. The largest absolute Gasteiger partial charge is 0.490 e. The summed E-state index contributed by atoms with van der Waals surface area (Å²) >= 11 is 5.90. The summed E-state index contributed by atoms with van der Waals surface area (Å²) in [7, 11) is 0. The molecule has 2 aromatic rings. The number of esters is 1. The predicted molar refractivity (Wildman–Crippen MR) is 117 cm³/mol. The van der Waals surface area contributed by atoms with Crippen LogP contribution in [0.4, 0.5) is 5.69 Å². The fraction of sp³-hybridized carbons (Fsp3) is 0.273. The van der Waals surface area contributed by atoms with E-state index in [9.17, 15) is 14.4 Å². The normalized spacial score (nSPS) is 9.94. The van der Waals surface area contributed by atoms with E-state index in [1.807, 2.05) is 19.9 Å². The molecule has 168 valence electrons. The van der Waals surface area contributed by atoms with Crippen LogP contribution in [0.1, 0.15) is 29.8 Å². The Labute approximate surface area is 190 Å². The van der Waals surface area contributed by atoms with Crippen LogP contribution in [0.5, 0.6) is 11.5 Å². The van der Waals surface area contributed by atoms with Crippen molar-refractivity contribution in [3.8, 4) is 17.6 Å². The molecule has 0 bridgehead atoms. The van der Waals surface area contributed by atoms with E-state index in [0.717, 1.165) is 0 Å². The topological polar surface area (TPSA) is 127 Å². The zero-order valence-electron chi connectivity index (χ0n) is 17.6. The molecule has 2 N–H and O–H groups in total. The van der Waals surface area contributed by atoms with Crippen LogP contribution < -0.4 is 20.1 Å². The third kappa shape index (κ3) is 7.18. The van der Waals surface area contributed by atoms with Crippen molar-refractivity contribution in [3.05, 3.63) is 52.5 Å². The van der Waals surface area contributed by atoms with E-state index in [-0.39, 0.29) is 16.1 Å². The highest BCUT2D eigenvalue weighted by Gasteiger charge is 2.14. The number of rotatable bonds is 10. The summed E-state index contributed by atoms with van der Waals surface area (Å²) in [6, 6.07) is 10.9. The van der Waals surface area contributed by atoms with Crippen LogP contribution in [0.15, 0.2) is 36.4 Å². The first kappa shape index (κ1) is 24.5. The number of halogens is 1. The molecule has 0 radical (unpaired) electrons. The summed E-state index contributed by atoms with van der Waals surface area (Å²) in [5, 5.41) is 14.0. The fourth-order valence-corrected chi connectivity index (χ4v) is 2.75. The molecule has 0 heterocycles. The van der Waals surface area contributed by atoms with E-state index in [4.69, 9.17) is 31.1 Å². The lowest BCUT2D eigenvalue weighted by Crippen LogP contribution is -2.32. The Morgan fingerprint density at radius 2 is 1.75 bits per heavy atom. The lowest BCUT2D eigenvalue weighted by atomic mass is 10.2. The van der Waals surface area contributed by atoms with Crippen LogP contribution in [-0.2, 0) is 14.3 Å². The Kier molecular flexibility index (Phi) is 9.32. The van der Waals surface area contributed by atoms with Gasteiger partial charge in [0.1, 0.15) is 12.6 Å². The molecule has 0 aromatic heterocycles. The van der Waals surface area contributed by atoms with Gasteiger partial charge in [-0.2, -0.15) is 5.26 Å². The zero-order valence-corrected chi connectivity index (χ0v) is 18.3. The second kappa shape index (κ2) is 12.2. The van der Waals surface area contributed by atoms with Gasteiger partial charge in [-0.3, -0.25) is 14.4 Å². The molecular formula is C22H22ClN3O6. The SMILES string of the molecule is CCOc1ccc(C(=O)NCC(=O)OCC(=O)Nc2ccc(C#N)c(Cl)c2)cc1OCC. The number of nitriles is 1. The highest BCUT2D eigenvalue weighted by Crippen LogP contribution is 2.28. The quantitative estimate of drug-likeness (QED) is 0.523. The van der Waals surface area contributed by atoms with Gasteiger partial charge in [0.05, 0.1) is 23.8 Å². The van der Waals surface area contributed by atoms with Crippen molar-refractivity contribution in [3.63, 3.8) is 0 Å².